The van der Waals surface area contributed by atoms with Gasteiger partial charge in [0.1, 0.15) is 11.7 Å². The molecular weight excluding hydrogens is 678 g/mol. The van der Waals surface area contributed by atoms with Crippen LogP contribution in [-0.4, -0.2) is 22.4 Å². The number of fused-ring (bicyclic) bond motifs is 3. The number of benzene rings is 6. The average Bonchev–Trinajstić information content (AvgIpc) is 3.55. The third-order valence-electron chi connectivity index (χ3n) is 10.0. The van der Waals surface area contributed by atoms with Gasteiger partial charge >= 0.3 is 6.18 Å². The molecule has 0 bridgehead atoms. The van der Waals surface area contributed by atoms with Crippen molar-refractivity contribution >= 4 is 44.9 Å². The summed E-state index contributed by atoms with van der Waals surface area (Å²) in [5.41, 5.74) is 7.93. The Hall–Kier alpha value is -6.73. The van der Waals surface area contributed by atoms with E-state index in [2.05, 4.69) is 65.3 Å². The van der Waals surface area contributed by atoms with Crippen LogP contribution in [0.15, 0.2) is 179 Å². The lowest BCUT2D eigenvalue weighted by atomic mass is 9.98. The lowest BCUT2D eigenvalue weighted by Gasteiger charge is -2.19. The molecular formula is C47H33F3N4. The Kier molecular flexibility index (Phi) is 8.19. The number of amidine groups is 2. The van der Waals surface area contributed by atoms with E-state index in [1.807, 2.05) is 97.1 Å². The maximum atomic E-state index is 14.1. The lowest BCUT2D eigenvalue weighted by Crippen LogP contribution is -2.38. The van der Waals surface area contributed by atoms with E-state index < -0.39 is 11.7 Å². The molecule has 0 radical (unpaired) electrons. The Morgan fingerprint density at radius 3 is 2.11 bits per heavy atom. The van der Waals surface area contributed by atoms with Gasteiger partial charge in [0.2, 0.25) is 0 Å². The van der Waals surface area contributed by atoms with Crippen LogP contribution in [0.4, 0.5) is 13.2 Å². The number of aromatic nitrogens is 1. The molecule has 1 N–H and O–H groups in total. The first-order valence-electron chi connectivity index (χ1n) is 17.8. The third-order valence-corrected chi connectivity index (χ3v) is 10.0. The zero-order valence-electron chi connectivity index (χ0n) is 29.3. The summed E-state index contributed by atoms with van der Waals surface area (Å²) in [6, 6.07) is 48.7. The van der Waals surface area contributed by atoms with Crippen molar-refractivity contribution in [3.63, 3.8) is 0 Å². The normalized spacial score (nSPS) is 16.6. The van der Waals surface area contributed by atoms with Gasteiger partial charge in [-0.2, -0.15) is 13.2 Å². The van der Waals surface area contributed by atoms with Gasteiger partial charge in [0.25, 0.3) is 0 Å². The van der Waals surface area contributed by atoms with Crippen LogP contribution < -0.4 is 15.8 Å². The van der Waals surface area contributed by atoms with E-state index in [4.69, 9.17) is 9.98 Å². The number of para-hydroxylation sites is 1. The summed E-state index contributed by atoms with van der Waals surface area (Å²) in [4.78, 5) is 10.0. The van der Waals surface area contributed by atoms with Crippen LogP contribution in [0.2, 0.25) is 0 Å². The average molecular weight is 711 g/mol. The van der Waals surface area contributed by atoms with Crippen LogP contribution >= 0.6 is 0 Å². The summed E-state index contributed by atoms with van der Waals surface area (Å²) in [5.74, 6) is 1.59. The van der Waals surface area contributed by atoms with Crippen LogP contribution in [0.3, 0.4) is 0 Å². The van der Waals surface area contributed by atoms with Gasteiger partial charge in [-0.3, -0.25) is 0 Å². The summed E-state index contributed by atoms with van der Waals surface area (Å²) in [6.07, 6.45) is -0.166. The van der Waals surface area contributed by atoms with E-state index in [1.165, 1.54) is 17.2 Å². The zero-order chi connectivity index (χ0) is 36.8. The number of halogens is 3. The minimum atomic E-state index is -4.48. The second-order valence-corrected chi connectivity index (χ2v) is 13.5. The number of rotatable bonds is 4. The van der Waals surface area contributed by atoms with E-state index in [1.54, 1.807) is 6.08 Å². The molecule has 0 saturated heterocycles. The van der Waals surface area contributed by atoms with E-state index in [9.17, 15) is 13.2 Å². The molecule has 0 saturated carbocycles. The van der Waals surface area contributed by atoms with Crippen LogP contribution in [0.25, 0.3) is 50.0 Å². The van der Waals surface area contributed by atoms with Crippen molar-refractivity contribution in [2.24, 2.45) is 9.98 Å². The van der Waals surface area contributed by atoms with Gasteiger partial charge in [-0.05, 0) is 77.2 Å². The maximum absolute atomic E-state index is 14.1. The number of aliphatic imine (C=N–C) groups is 2. The molecule has 262 valence electrons. The fourth-order valence-electron chi connectivity index (χ4n) is 7.42. The van der Waals surface area contributed by atoms with Crippen LogP contribution in [0, 0.1) is 6.92 Å². The Bertz CT molecular complexity index is 2860. The predicted molar refractivity (Wildman–Crippen MR) is 214 cm³/mol. The molecule has 2 heterocycles. The van der Waals surface area contributed by atoms with Gasteiger partial charge in [-0.15, -0.1) is 0 Å². The Morgan fingerprint density at radius 2 is 1.33 bits per heavy atom. The molecule has 2 aliphatic rings. The molecule has 4 nitrogen and oxygen atoms in total. The molecule has 0 atom stereocenters. The minimum Gasteiger partial charge on any atom is -0.324 e. The Morgan fingerprint density at radius 1 is 0.630 bits per heavy atom. The SMILES string of the molecule is Cc1ccccc1-c1ccc2c(c1)c1ccccc1n2-c1ccc(=C2C=C(C(F)(F)F)C=CC2)c(=C2N=C(c3ccccc3)N=C(c3ccccc3)N2)c1. The molecule has 7 aromatic rings. The number of aryl methyl sites for hydroxylation is 1. The number of alkyl halides is 3. The first-order valence-corrected chi connectivity index (χ1v) is 17.8. The van der Waals surface area contributed by atoms with Crippen molar-refractivity contribution in [2.75, 3.05) is 0 Å². The number of hydrogen-bond donors (Lipinski definition) is 1. The van der Waals surface area contributed by atoms with Crippen molar-refractivity contribution in [3.8, 4) is 16.8 Å². The lowest BCUT2D eigenvalue weighted by molar-refractivity contribution is -0.0882. The van der Waals surface area contributed by atoms with Crippen molar-refractivity contribution in [2.45, 2.75) is 19.5 Å². The highest BCUT2D eigenvalue weighted by Crippen LogP contribution is 2.36. The van der Waals surface area contributed by atoms with Gasteiger partial charge in [-0.25, -0.2) is 9.98 Å². The van der Waals surface area contributed by atoms with Crippen molar-refractivity contribution in [1.29, 1.82) is 0 Å². The predicted octanol–water partition coefficient (Wildman–Crippen LogP) is 9.92. The second kappa shape index (κ2) is 13.4. The van der Waals surface area contributed by atoms with Gasteiger partial charge < -0.3 is 9.88 Å². The summed E-state index contributed by atoms with van der Waals surface area (Å²) in [7, 11) is 0. The molecule has 54 heavy (non-hydrogen) atoms. The molecule has 0 amide bonds. The van der Waals surface area contributed by atoms with Crippen LogP contribution in [0.1, 0.15) is 23.1 Å². The number of allylic oxidation sites excluding steroid dienone is 4. The smallest absolute Gasteiger partial charge is 0.324 e. The number of hydrogen-bond acceptors (Lipinski definition) is 3. The van der Waals surface area contributed by atoms with E-state index in [-0.39, 0.29) is 0 Å². The summed E-state index contributed by atoms with van der Waals surface area (Å²) in [6.45, 7) is 2.12. The van der Waals surface area contributed by atoms with Crippen LogP contribution in [0.5, 0.6) is 0 Å². The highest BCUT2D eigenvalue weighted by molar-refractivity contribution is 6.16. The fraction of sp³-hybridized carbons (Fsp3) is 0.0638. The standard InChI is InChI=1S/C47H33F3N4/c1-30-13-8-9-20-37(30)34-23-26-43-40(28-34)39-21-10-11-22-42(39)54(43)36-24-25-38(33-18-12-19-35(27-33)47(48,49)50)41(29-36)46-52-44(31-14-4-2-5-15-31)51-45(53-46)32-16-6-3-7-17-32/h2-17,19-29H,18H2,1H3,(H,51,52,53). The van der Waals surface area contributed by atoms with Crippen molar-refractivity contribution < 1.29 is 13.2 Å². The van der Waals surface area contributed by atoms with E-state index in [0.717, 1.165) is 50.3 Å². The molecule has 1 aliphatic heterocycles. The molecule has 0 spiro atoms. The van der Waals surface area contributed by atoms with E-state index in [0.29, 0.717) is 39.9 Å². The van der Waals surface area contributed by atoms with Crippen molar-refractivity contribution in [1.82, 2.24) is 9.88 Å². The second-order valence-electron chi connectivity index (χ2n) is 13.5. The highest BCUT2D eigenvalue weighted by Gasteiger charge is 2.32. The highest BCUT2D eigenvalue weighted by atomic mass is 19.4. The topological polar surface area (TPSA) is 41.7 Å². The quantitative estimate of drug-likeness (QED) is 0.194. The third kappa shape index (κ3) is 6.03. The Balaban J connectivity index is 1.34. The molecule has 0 fully saturated rings. The minimum absolute atomic E-state index is 0.338. The first kappa shape index (κ1) is 33.1. The zero-order valence-corrected chi connectivity index (χ0v) is 29.3. The van der Waals surface area contributed by atoms with E-state index >= 15 is 0 Å². The van der Waals surface area contributed by atoms with Crippen molar-refractivity contribution in [3.05, 3.63) is 197 Å². The molecule has 1 aromatic heterocycles. The monoisotopic (exact) mass is 710 g/mol. The summed E-state index contributed by atoms with van der Waals surface area (Å²) in [5, 5.41) is 7.00. The largest absolute Gasteiger partial charge is 0.416 e. The summed E-state index contributed by atoms with van der Waals surface area (Å²) >= 11 is 0. The molecule has 6 aromatic carbocycles. The number of nitrogens with one attached hydrogen (secondary N) is 1. The molecule has 9 rings (SSSR count). The molecule has 7 heteroatoms. The molecule has 1 aliphatic carbocycles. The Labute approximate surface area is 310 Å². The van der Waals surface area contributed by atoms with Gasteiger partial charge in [-0.1, -0.05) is 127 Å². The van der Waals surface area contributed by atoms with Gasteiger partial charge in [0.05, 0.1) is 16.6 Å². The van der Waals surface area contributed by atoms with Crippen LogP contribution in [-0.2, 0) is 0 Å². The fourth-order valence-corrected chi connectivity index (χ4v) is 7.42. The van der Waals surface area contributed by atoms with Gasteiger partial charge in [0, 0.05) is 32.8 Å². The maximum Gasteiger partial charge on any atom is 0.416 e. The summed E-state index contributed by atoms with van der Waals surface area (Å²) < 4.78 is 44.5. The number of nitrogens with zero attached hydrogens (tertiary/aromatic N) is 3. The molecule has 0 unspecified atom stereocenters. The van der Waals surface area contributed by atoms with Gasteiger partial charge in [0.15, 0.2) is 5.84 Å². The first-order chi connectivity index (χ1) is 26.3.